The Bertz CT molecular complexity index is 1210. The molecule has 4 rings (SSSR count). The van der Waals surface area contributed by atoms with Crippen LogP contribution < -0.4 is 5.32 Å². The normalized spacial score (nSPS) is 11.7. The number of aryl methyl sites for hydroxylation is 1. The standard InChI is InChI=1S/C19H15F3N6O2/c1-11-24-18(30-27-11)14-6-3-7-28-15(25-26-17(14)28)10-23-16(29)9-12-4-2-5-13(8-12)19(20,21)22/h2-8H,9-10H2,1H3,(H,23,29). The Labute approximate surface area is 167 Å². The number of carbonyl (C=O) groups excluding carboxylic acids is 1. The average Bonchev–Trinajstić information content (AvgIpc) is 3.32. The van der Waals surface area contributed by atoms with E-state index in [9.17, 15) is 18.0 Å². The number of alkyl halides is 3. The highest BCUT2D eigenvalue weighted by atomic mass is 19.4. The second-order valence-corrected chi connectivity index (χ2v) is 6.53. The van der Waals surface area contributed by atoms with Crippen LogP contribution in [0.5, 0.6) is 0 Å². The number of benzene rings is 1. The highest BCUT2D eigenvalue weighted by Gasteiger charge is 2.30. The van der Waals surface area contributed by atoms with Crippen molar-refractivity contribution in [2.24, 2.45) is 0 Å². The molecule has 1 amide bonds. The van der Waals surface area contributed by atoms with E-state index in [1.807, 2.05) is 0 Å². The molecule has 0 aliphatic carbocycles. The lowest BCUT2D eigenvalue weighted by Crippen LogP contribution is -2.25. The second-order valence-electron chi connectivity index (χ2n) is 6.53. The molecule has 154 valence electrons. The first kappa shape index (κ1) is 19.6. The maximum Gasteiger partial charge on any atom is 0.416 e. The van der Waals surface area contributed by atoms with Crippen molar-refractivity contribution in [1.29, 1.82) is 0 Å². The number of carbonyl (C=O) groups is 1. The summed E-state index contributed by atoms with van der Waals surface area (Å²) in [6.45, 7) is 1.74. The molecule has 11 heteroatoms. The number of rotatable bonds is 5. The van der Waals surface area contributed by atoms with Crippen LogP contribution >= 0.6 is 0 Å². The molecule has 0 atom stereocenters. The fourth-order valence-electron chi connectivity index (χ4n) is 2.94. The molecule has 0 spiro atoms. The summed E-state index contributed by atoms with van der Waals surface area (Å²) in [5.74, 6) is 0.787. The summed E-state index contributed by atoms with van der Waals surface area (Å²) in [7, 11) is 0. The lowest BCUT2D eigenvalue weighted by atomic mass is 10.1. The van der Waals surface area contributed by atoms with E-state index in [4.69, 9.17) is 4.52 Å². The smallest absolute Gasteiger partial charge is 0.348 e. The van der Waals surface area contributed by atoms with Crippen molar-refractivity contribution in [3.63, 3.8) is 0 Å². The van der Waals surface area contributed by atoms with Crippen molar-refractivity contribution in [3.8, 4) is 11.5 Å². The molecule has 30 heavy (non-hydrogen) atoms. The molecular formula is C19H15F3N6O2. The SMILES string of the molecule is Cc1noc(-c2cccn3c(CNC(=O)Cc4cccc(C(F)(F)F)c4)nnc23)n1. The molecule has 0 saturated carbocycles. The highest BCUT2D eigenvalue weighted by Crippen LogP contribution is 2.29. The zero-order chi connectivity index (χ0) is 21.3. The van der Waals surface area contributed by atoms with Crippen LogP contribution in [0.1, 0.15) is 22.8 Å². The van der Waals surface area contributed by atoms with E-state index >= 15 is 0 Å². The average molecular weight is 416 g/mol. The zero-order valence-corrected chi connectivity index (χ0v) is 15.6. The Morgan fingerprint density at radius 1 is 1.20 bits per heavy atom. The third-order valence-corrected chi connectivity index (χ3v) is 4.33. The van der Waals surface area contributed by atoms with Gasteiger partial charge in [0.25, 0.3) is 5.89 Å². The first-order valence-electron chi connectivity index (χ1n) is 8.87. The van der Waals surface area contributed by atoms with Crippen LogP contribution in [0, 0.1) is 6.92 Å². The number of aromatic nitrogens is 5. The highest BCUT2D eigenvalue weighted by molar-refractivity contribution is 5.78. The van der Waals surface area contributed by atoms with Crippen LogP contribution in [0.2, 0.25) is 0 Å². The third kappa shape index (κ3) is 4.00. The number of nitrogens with one attached hydrogen (secondary N) is 1. The maximum absolute atomic E-state index is 12.8. The summed E-state index contributed by atoms with van der Waals surface area (Å²) >= 11 is 0. The first-order chi connectivity index (χ1) is 14.3. The van der Waals surface area contributed by atoms with E-state index in [2.05, 4.69) is 25.7 Å². The minimum Gasteiger partial charge on any atom is -0.348 e. The van der Waals surface area contributed by atoms with Gasteiger partial charge in [-0.1, -0.05) is 23.4 Å². The number of pyridine rings is 1. The third-order valence-electron chi connectivity index (χ3n) is 4.33. The van der Waals surface area contributed by atoms with Crippen LogP contribution in [0.15, 0.2) is 47.1 Å². The van der Waals surface area contributed by atoms with E-state index in [-0.39, 0.29) is 18.5 Å². The minimum atomic E-state index is -4.46. The Balaban J connectivity index is 1.47. The van der Waals surface area contributed by atoms with Crippen LogP contribution in [-0.2, 0) is 23.9 Å². The fraction of sp³-hybridized carbons (Fsp3) is 0.211. The molecule has 0 saturated heterocycles. The lowest BCUT2D eigenvalue weighted by molar-refractivity contribution is -0.137. The van der Waals surface area contributed by atoms with Crippen molar-refractivity contribution in [1.82, 2.24) is 30.1 Å². The molecule has 0 aliphatic heterocycles. The fourth-order valence-corrected chi connectivity index (χ4v) is 2.94. The first-order valence-corrected chi connectivity index (χ1v) is 8.87. The summed E-state index contributed by atoms with van der Waals surface area (Å²) in [4.78, 5) is 16.4. The van der Waals surface area contributed by atoms with Gasteiger partial charge in [0.1, 0.15) is 0 Å². The molecule has 0 unspecified atom stereocenters. The van der Waals surface area contributed by atoms with Crippen LogP contribution in [0.3, 0.4) is 0 Å². The van der Waals surface area contributed by atoms with Crippen molar-refractivity contribution < 1.29 is 22.5 Å². The van der Waals surface area contributed by atoms with Crippen molar-refractivity contribution in [2.45, 2.75) is 26.1 Å². The molecule has 3 aromatic heterocycles. The molecule has 0 bridgehead atoms. The van der Waals surface area contributed by atoms with E-state index in [0.29, 0.717) is 28.8 Å². The van der Waals surface area contributed by atoms with Gasteiger partial charge in [-0.2, -0.15) is 18.2 Å². The Morgan fingerprint density at radius 3 is 2.77 bits per heavy atom. The molecule has 0 fully saturated rings. The van der Waals surface area contributed by atoms with Crippen molar-refractivity contribution in [3.05, 3.63) is 65.4 Å². The van der Waals surface area contributed by atoms with E-state index < -0.39 is 17.6 Å². The van der Waals surface area contributed by atoms with Gasteiger partial charge in [-0.3, -0.25) is 9.20 Å². The van der Waals surface area contributed by atoms with Gasteiger partial charge >= 0.3 is 6.18 Å². The number of hydrogen-bond acceptors (Lipinski definition) is 6. The van der Waals surface area contributed by atoms with Gasteiger partial charge in [-0.25, -0.2) is 0 Å². The predicted octanol–water partition coefficient (Wildman–Crippen LogP) is 2.97. The minimum absolute atomic E-state index is 0.0469. The predicted molar refractivity (Wildman–Crippen MR) is 98.0 cm³/mol. The van der Waals surface area contributed by atoms with E-state index in [0.717, 1.165) is 12.1 Å². The van der Waals surface area contributed by atoms with Gasteiger partial charge in [0.2, 0.25) is 5.91 Å². The van der Waals surface area contributed by atoms with E-state index in [1.54, 1.807) is 29.7 Å². The van der Waals surface area contributed by atoms with Gasteiger partial charge in [-0.15, -0.1) is 10.2 Å². The summed E-state index contributed by atoms with van der Waals surface area (Å²) < 4.78 is 45.3. The van der Waals surface area contributed by atoms with Crippen LogP contribution in [-0.4, -0.2) is 30.6 Å². The largest absolute Gasteiger partial charge is 0.416 e. The number of hydrogen-bond donors (Lipinski definition) is 1. The Morgan fingerprint density at radius 2 is 2.03 bits per heavy atom. The molecular weight excluding hydrogens is 401 g/mol. The molecule has 4 aromatic rings. The van der Waals surface area contributed by atoms with Gasteiger partial charge in [0.15, 0.2) is 17.3 Å². The topological polar surface area (TPSA) is 98.2 Å². The zero-order valence-electron chi connectivity index (χ0n) is 15.6. The van der Waals surface area contributed by atoms with Crippen molar-refractivity contribution >= 4 is 11.6 Å². The van der Waals surface area contributed by atoms with Crippen molar-refractivity contribution in [2.75, 3.05) is 0 Å². The maximum atomic E-state index is 12.8. The lowest BCUT2D eigenvalue weighted by Gasteiger charge is -2.09. The Kier molecular flexibility index (Phi) is 4.94. The molecule has 0 aliphatic rings. The monoisotopic (exact) mass is 416 g/mol. The van der Waals surface area contributed by atoms with Gasteiger partial charge in [-0.05, 0) is 30.7 Å². The summed E-state index contributed by atoms with van der Waals surface area (Å²) in [5.41, 5.74) is 0.540. The molecule has 3 heterocycles. The van der Waals surface area contributed by atoms with Crippen LogP contribution in [0.25, 0.3) is 17.1 Å². The number of fused-ring (bicyclic) bond motifs is 1. The number of amides is 1. The second kappa shape index (κ2) is 7.58. The van der Waals surface area contributed by atoms with Gasteiger partial charge in [0, 0.05) is 6.20 Å². The molecule has 1 N–H and O–H groups in total. The Hall–Kier alpha value is -3.76. The summed E-state index contributed by atoms with van der Waals surface area (Å²) in [6, 6.07) is 8.18. The molecule has 1 aromatic carbocycles. The molecule has 8 nitrogen and oxygen atoms in total. The molecule has 0 radical (unpaired) electrons. The van der Waals surface area contributed by atoms with E-state index in [1.165, 1.54) is 12.1 Å². The quantitative estimate of drug-likeness (QED) is 0.537. The van der Waals surface area contributed by atoms with Gasteiger partial charge in [0.05, 0.1) is 24.1 Å². The number of nitrogens with zero attached hydrogens (tertiary/aromatic N) is 5. The summed E-state index contributed by atoms with van der Waals surface area (Å²) in [5, 5.41) is 14.6. The van der Waals surface area contributed by atoms with Crippen LogP contribution in [0.4, 0.5) is 13.2 Å². The number of halogens is 3. The van der Waals surface area contributed by atoms with Gasteiger partial charge < -0.3 is 9.84 Å². The summed E-state index contributed by atoms with van der Waals surface area (Å²) in [6.07, 6.45) is -2.93.